The van der Waals surface area contributed by atoms with Crippen molar-refractivity contribution in [2.45, 2.75) is 116 Å². The second kappa shape index (κ2) is 8.82. The highest BCUT2D eigenvalue weighted by atomic mass is 16.3. The van der Waals surface area contributed by atoms with E-state index < -0.39 is 5.60 Å². The van der Waals surface area contributed by atoms with Crippen LogP contribution in [-0.4, -0.2) is 21.9 Å². The van der Waals surface area contributed by atoms with Gasteiger partial charge < -0.3 is 10.2 Å². The molecule has 0 radical (unpaired) electrons. The molecule has 0 spiro atoms. The van der Waals surface area contributed by atoms with Crippen molar-refractivity contribution >= 4 is 0 Å². The summed E-state index contributed by atoms with van der Waals surface area (Å²) < 4.78 is 0. The summed E-state index contributed by atoms with van der Waals surface area (Å²) in [5, 5.41) is 19.9. The van der Waals surface area contributed by atoms with Gasteiger partial charge in [-0.3, -0.25) is 0 Å². The van der Waals surface area contributed by atoms with E-state index in [1.54, 1.807) is 5.57 Å². The summed E-state index contributed by atoms with van der Waals surface area (Å²) in [5.74, 6) is 1.63. The fourth-order valence-corrected chi connectivity index (χ4v) is 6.22. The zero-order valence-corrected chi connectivity index (χ0v) is 18.0. The van der Waals surface area contributed by atoms with E-state index in [0.717, 1.165) is 43.9 Å². The highest BCUT2D eigenvalue weighted by Crippen LogP contribution is 2.58. The zero-order chi connectivity index (χ0) is 19.5. The normalized spacial score (nSPS) is 37.7. The lowest BCUT2D eigenvalue weighted by Gasteiger charge is -2.42. The molecule has 0 aromatic carbocycles. The smallest absolute Gasteiger partial charge is 0.0591 e. The number of allylic oxidation sites excluding steroid dienone is 3. The van der Waals surface area contributed by atoms with E-state index in [1.807, 2.05) is 13.8 Å². The number of aliphatic hydroxyl groups excluding tert-OH is 1. The van der Waals surface area contributed by atoms with Gasteiger partial charge in [-0.15, -0.1) is 0 Å². The number of unbranched alkanes of at least 4 members (excludes halogenated alkanes) is 1. The van der Waals surface area contributed by atoms with Gasteiger partial charge in [0, 0.05) is 0 Å². The minimum absolute atomic E-state index is 0.111. The number of hydrogen-bond acceptors (Lipinski definition) is 2. The van der Waals surface area contributed by atoms with Crippen molar-refractivity contribution < 1.29 is 10.2 Å². The largest absolute Gasteiger partial charge is 0.393 e. The molecular weight excluding hydrogens is 332 g/mol. The van der Waals surface area contributed by atoms with Gasteiger partial charge in [0.2, 0.25) is 0 Å². The molecule has 3 aliphatic carbocycles. The van der Waals surface area contributed by atoms with E-state index in [-0.39, 0.29) is 6.10 Å². The van der Waals surface area contributed by atoms with Crippen LogP contribution in [0.2, 0.25) is 0 Å². The van der Waals surface area contributed by atoms with Gasteiger partial charge in [-0.25, -0.2) is 0 Å². The first kappa shape index (κ1) is 21.1. The summed E-state index contributed by atoms with van der Waals surface area (Å²) in [6.45, 7) is 6.42. The maximum atomic E-state index is 9.94. The summed E-state index contributed by atoms with van der Waals surface area (Å²) >= 11 is 0. The van der Waals surface area contributed by atoms with E-state index in [2.05, 4.69) is 19.1 Å². The Labute approximate surface area is 167 Å². The maximum absolute atomic E-state index is 9.94. The van der Waals surface area contributed by atoms with Gasteiger partial charge >= 0.3 is 0 Å². The second-order valence-corrected chi connectivity index (χ2v) is 10.6. The van der Waals surface area contributed by atoms with E-state index in [9.17, 15) is 10.2 Å². The van der Waals surface area contributed by atoms with Crippen LogP contribution in [0.1, 0.15) is 104 Å². The van der Waals surface area contributed by atoms with E-state index >= 15 is 0 Å². The van der Waals surface area contributed by atoms with Crippen LogP contribution in [-0.2, 0) is 0 Å². The molecule has 3 fully saturated rings. The highest BCUT2D eigenvalue weighted by molar-refractivity contribution is 5.25. The van der Waals surface area contributed by atoms with Gasteiger partial charge in [0.25, 0.3) is 0 Å². The molecule has 0 aliphatic heterocycles. The molecule has 0 heterocycles. The van der Waals surface area contributed by atoms with E-state index in [0.29, 0.717) is 5.41 Å². The number of hydrogen-bond donors (Lipinski definition) is 2. The predicted octanol–water partition coefficient (Wildman–Crippen LogP) is 6.32. The fourth-order valence-electron chi connectivity index (χ4n) is 6.22. The van der Waals surface area contributed by atoms with Gasteiger partial charge in [-0.1, -0.05) is 43.1 Å². The van der Waals surface area contributed by atoms with Crippen LogP contribution in [0, 0.1) is 17.3 Å². The molecule has 0 saturated heterocycles. The Morgan fingerprint density at radius 1 is 1.07 bits per heavy atom. The molecule has 0 bridgehead atoms. The molecule has 0 aromatic heterocycles. The van der Waals surface area contributed by atoms with Crippen molar-refractivity contribution in [3.63, 3.8) is 0 Å². The van der Waals surface area contributed by atoms with Gasteiger partial charge in [-0.2, -0.15) is 0 Å². The van der Waals surface area contributed by atoms with Crippen molar-refractivity contribution in [1.29, 1.82) is 0 Å². The summed E-state index contributed by atoms with van der Waals surface area (Å²) in [6.07, 6.45) is 20.3. The molecule has 154 valence electrons. The zero-order valence-electron chi connectivity index (χ0n) is 18.0. The molecule has 2 N–H and O–H groups in total. The first-order valence-corrected chi connectivity index (χ1v) is 11.6. The Morgan fingerprint density at radius 3 is 2.63 bits per heavy atom. The lowest BCUT2D eigenvalue weighted by molar-refractivity contribution is 0.0659. The molecule has 2 nitrogen and oxygen atoms in total. The average molecular weight is 375 g/mol. The third kappa shape index (κ3) is 5.48. The summed E-state index contributed by atoms with van der Waals surface area (Å²) in [5.41, 5.74) is 3.12. The minimum atomic E-state index is -0.511. The van der Waals surface area contributed by atoms with Crippen LogP contribution >= 0.6 is 0 Å². The number of fused-ring (bicyclic) bond motifs is 1. The fraction of sp³-hybridized carbons (Fsp3) is 0.840. The van der Waals surface area contributed by atoms with Crippen LogP contribution in [0.3, 0.4) is 0 Å². The van der Waals surface area contributed by atoms with E-state index in [1.165, 1.54) is 56.9 Å². The summed E-state index contributed by atoms with van der Waals surface area (Å²) in [4.78, 5) is 0. The van der Waals surface area contributed by atoms with Crippen molar-refractivity contribution in [2.24, 2.45) is 17.3 Å². The van der Waals surface area contributed by atoms with Crippen LogP contribution in [0.5, 0.6) is 0 Å². The third-order valence-corrected chi connectivity index (χ3v) is 7.82. The van der Waals surface area contributed by atoms with Crippen molar-refractivity contribution in [1.82, 2.24) is 0 Å². The predicted molar refractivity (Wildman–Crippen MR) is 114 cm³/mol. The molecule has 2 heteroatoms. The molecule has 27 heavy (non-hydrogen) atoms. The first-order valence-electron chi connectivity index (χ1n) is 11.6. The number of aliphatic hydroxyl groups is 2. The first-order chi connectivity index (χ1) is 12.8. The molecule has 0 aromatic rings. The topological polar surface area (TPSA) is 40.5 Å². The highest BCUT2D eigenvalue weighted by Gasteiger charge is 2.48. The van der Waals surface area contributed by atoms with Gasteiger partial charge in [0.1, 0.15) is 0 Å². The van der Waals surface area contributed by atoms with Gasteiger partial charge in [-0.05, 0) is 102 Å². The Bertz CT molecular complexity index is 553. The lowest BCUT2D eigenvalue weighted by Crippen LogP contribution is -2.33. The Hall–Kier alpha value is -0.600. The van der Waals surface area contributed by atoms with Crippen LogP contribution in [0.4, 0.5) is 0 Å². The third-order valence-electron chi connectivity index (χ3n) is 7.82. The molecule has 3 aliphatic rings. The lowest BCUT2D eigenvalue weighted by atomic mass is 9.62. The van der Waals surface area contributed by atoms with E-state index in [4.69, 9.17) is 0 Å². The summed E-state index contributed by atoms with van der Waals surface area (Å²) in [6, 6.07) is 0. The molecule has 3 rings (SSSR count). The average Bonchev–Trinajstić information content (AvgIpc) is 2.93. The Morgan fingerprint density at radius 2 is 1.89 bits per heavy atom. The minimum Gasteiger partial charge on any atom is -0.393 e. The molecule has 3 unspecified atom stereocenters. The van der Waals surface area contributed by atoms with Gasteiger partial charge in [0.05, 0.1) is 11.7 Å². The summed E-state index contributed by atoms with van der Waals surface area (Å²) in [7, 11) is 0. The molecule has 4 atom stereocenters. The van der Waals surface area contributed by atoms with Crippen molar-refractivity contribution in [3.8, 4) is 0 Å². The Kier molecular flexibility index (Phi) is 6.90. The monoisotopic (exact) mass is 374 g/mol. The van der Waals surface area contributed by atoms with Gasteiger partial charge in [0.15, 0.2) is 0 Å². The van der Waals surface area contributed by atoms with Crippen LogP contribution in [0.25, 0.3) is 0 Å². The van der Waals surface area contributed by atoms with Crippen LogP contribution in [0.15, 0.2) is 23.3 Å². The number of rotatable bonds is 6. The second-order valence-electron chi connectivity index (χ2n) is 10.6. The molecular formula is C25H42O2. The quantitative estimate of drug-likeness (QED) is 0.534. The van der Waals surface area contributed by atoms with Crippen LogP contribution < -0.4 is 0 Å². The maximum Gasteiger partial charge on any atom is 0.0591 e. The van der Waals surface area contributed by atoms with Crippen molar-refractivity contribution in [3.05, 3.63) is 23.3 Å². The molecule has 3 saturated carbocycles. The SMILES string of the molecule is CC(C)(O)CCCCC1CCC2/C(=C/C=C3/CCC[C@H](O)C3)CCCC12C. The standard InChI is InChI=1S/C25H42O2/c1-24(2,27)16-5-4-10-21-14-15-23-20(9-7-17-25(21,23)3)13-12-19-8-6-11-22(26)18-19/h12-13,21-23,26-27H,4-11,14-18H2,1-3H3/b19-12-,20-13+/t21?,22-,23?,25?/m0/s1. The molecule has 0 amide bonds. The van der Waals surface area contributed by atoms with Crippen molar-refractivity contribution in [2.75, 3.05) is 0 Å². The Balaban J connectivity index is 1.60.